The fourth-order valence-electron chi connectivity index (χ4n) is 0.930. The Bertz CT molecular complexity index is 223. The van der Waals surface area contributed by atoms with Crippen molar-refractivity contribution in [1.82, 2.24) is 0 Å². The first-order valence-corrected chi connectivity index (χ1v) is 6.20. The van der Waals surface area contributed by atoms with Crippen molar-refractivity contribution in [3.8, 4) is 0 Å². The zero-order chi connectivity index (χ0) is 13.3. The van der Waals surface area contributed by atoms with Gasteiger partial charge in [-0.05, 0) is 13.8 Å². The normalized spacial score (nSPS) is 13.9. The Kier molecular flexibility index (Phi) is 9.21. The van der Waals surface area contributed by atoms with Crippen molar-refractivity contribution < 1.29 is 23.8 Å². The minimum Gasteiger partial charge on any atom is -0.463 e. The molecule has 0 saturated heterocycles. The predicted octanol–water partition coefficient (Wildman–Crippen LogP) is 1.34. The lowest BCUT2D eigenvalue weighted by Crippen LogP contribution is -2.33. The second kappa shape index (κ2) is 9.50. The van der Waals surface area contributed by atoms with Crippen LogP contribution in [0.3, 0.4) is 0 Å². The van der Waals surface area contributed by atoms with Crippen LogP contribution in [0.2, 0.25) is 0 Å². The first-order valence-electron chi connectivity index (χ1n) is 5.13. The summed E-state index contributed by atoms with van der Waals surface area (Å²) < 4.78 is 14.6. The van der Waals surface area contributed by atoms with Gasteiger partial charge in [0, 0.05) is 0 Å². The molecule has 0 aromatic rings. The summed E-state index contributed by atoms with van der Waals surface area (Å²) in [6.45, 7) is 3.20. The molecule has 0 aliphatic rings. The molecule has 0 rings (SSSR count). The number of halogens is 2. The fourth-order valence-corrected chi connectivity index (χ4v) is 1.08. The second-order valence-electron chi connectivity index (χ2n) is 3.13. The maximum atomic E-state index is 11.3. The van der Waals surface area contributed by atoms with Crippen molar-refractivity contribution in [2.75, 3.05) is 25.0 Å². The number of hydrogen-bond donors (Lipinski definition) is 0. The van der Waals surface area contributed by atoms with E-state index < -0.39 is 24.1 Å². The summed E-state index contributed by atoms with van der Waals surface area (Å²) in [4.78, 5) is 22.6. The number of rotatable bonds is 8. The van der Waals surface area contributed by atoms with Crippen LogP contribution in [0.15, 0.2) is 0 Å². The van der Waals surface area contributed by atoms with Crippen molar-refractivity contribution in [2.24, 2.45) is 0 Å². The van der Waals surface area contributed by atoms with E-state index in [0.717, 1.165) is 0 Å². The summed E-state index contributed by atoms with van der Waals surface area (Å²) in [5.74, 6) is -0.706. The minimum atomic E-state index is -0.850. The largest absolute Gasteiger partial charge is 0.463 e. The van der Waals surface area contributed by atoms with Crippen LogP contribution in [-0.4, -0.2) is 49.1 Å². The van der Waals surface area contributed by atoms with Gasteiger partial charge in [0.2, 0.25) is 0 Å². The van der Waals surface area contributed by atoms with Crippen LogP contribution < -0.4 is 0 Å². The van der Waals surface area contributed by atoms with Gasteiger partial charge in [0.15, 0.2) is 12.2 Å². The summed E-state index contributed by atoms with van der Waals surface area (Å²) in [7, 11) is 0. The molecule has 0 spiro atoms. The average molecular weight is 287 g/mol. The predicted molar refractivity (Wildman–Crippen MR) is 63.4 cm³/mol. The van der Waals surface area contributed by atoms with E-state index in [-0.39, 0.29) is 25.0 Å². The topological polar surface area (TPSA) is 61.8 Å². The lowest BCUT2D eigenvalue weighted by atomic mass is 10.3. The number of alkyl halides is 2. The van der Waals surface area contributed by atoms with Gasteiger partial charge in [0.25, 0.3) is 0 Å². The van der Waals surface area contributed by atoms with Crippen LogP contribution in [0.5, 0.6) is 0 Å². The van der Waals surface area contributed by atoms with Crippen molar-refractivity contribution >= 4 is 35.1 Å². The molecule has 7 heteroatoms. The van der Waals surface area contributed by atoms with Gasteiger partial charge in [-0.2, -0.15) is 0 Å². The molecular formula is C10H16Cl2O5. The highest BCUT2D eigenvalue weighted by Crippen LogP contribution is 2.03. The third-order valence-corrected chi connectivity index (χ3v) is 2.02. The molecule has 0 N–H and O–H groups in total. The second-order valence-corrected chi connectivity index (χ2v) is 3.89. The van der Waals surface area contributed by atoms with Gasteiger partial charge in [-0.1, -0.05) is 0 Å². The molecule has 0 fully saturated rings. The van der Waals surface area contributed by atoms with Crippen LogP contribution in [0, 0.1) is 0 Å². The van der Waals surface area contributed by atoms with Gasteiger partial charge in [-0.15, -0.1) is 23.2 Å². The van der Waals surface area contributed by atoms with E-state index in [9.17, 15) is 9.59 Å². The molecule has 0 aliphatic heterocycles. The summed E-state index contributed by atoms with van der Waals surface area (Å²) in [6, 6.07) is 0. The molecule has 0 heterocycles. The van der Waals surface area contributed by atoms with E-state index in [1.165, 1.54) is 13.8 Å². The van der Waals surface area contributed by atoms with Gasteiger partial charge in [0.1, 0.15) is 13.2 Å². The molecule has 100 valence electrons. The molecule has 0 aromatic heterocycles. The Hall–Kier alpha value is -0.520. The van der Waals surface area contributed by atoms with Gasteiger partial charge >= 0.3 is 11.9 Å². The highest BCUT2D eigenvalue weighted by atomic mass is 35.5. The highest BCUT2D eigenvalue weighted by Gasteiger charge is 2.23. The Labute approximate surface area is 110 Å². The van der Waals surface area contributed by atoms with Gasteiger partial charge in [-0.3, -0.25) is 0 Å². The molecule has 5 nitrogen and oxygen atoms in total. The Balaban J connectivity index is 3.96. The standard InChI is InChI=1S/C10H16Cl2O5/c1-7(9(13)15-5-3-11)17-8(2)10(14)16-6-4-12/h7-8H,3-6H2,1-2H3. The first-order chi connectivity index (χ1) is 8.02. The SMILES string of the molecule is CC(OC(C)C(=O)OCCCl)C(=O)OCCCl. The van der Waals surface area contributed by atoms with E-state index in [1.54, 1.807) is 0 Å². The first kappa shape index (κ1) is 16.5. The number of carbonyl (C=O) groups is 2. The van der Waals surface area contributed by atoms with Crippen LogP contribution in [-0.2, 0) is 23.8 Å². The number of hydrogen-bond acceptors (Lipinski definition) is 5. The summed E-state index contributed by atoms with van der Waals surface area (Å²) in [6.07, 6.45) is -1.70. The van der Waals surface area contributed by atoms with Crippen molar-refractivity contribution in [2.45, 2.75) is 26.1 Å². The zero-order valence-corrected chi connectivity index (χ0v) is 11.3. The maximum Gasteiger partial charge on any atom is 0.335 e. The summed E-state index contributed by atoms with van der Waals surface area (Å²) >= 11 is 10.7. The molecule has 17 heavy (non-hydrogen) atoms. The molecule has 0 amide bonds. The van der Waals surface area contributed by atoms with E-state index in [2.05, 4.69) is 0 Å². The molecule has 0 aliphatic carbocycles. The average Bonchev–Trinajstić information content (AvgIpc) is 2.32. The van der Waals surface area contributed by atoms with E-state index in [0.29, 0.717) is 0 Å². The van der Waals surface area contributed by atoms with Crippen LogP contribution in [0.1, 0.15) is 13.8 Å². The number of esters is 2. The number of carbonyl (C=O) groups excluding carboxylic acids is 2. The van der Waals surface area contributed by atoms with E-state index >= 15 is 0 Å². The number of ether oxygens (including phenoxy) is 3. The van der Waals surface area contributed by atoms with Gasteiger partial charge in [0.05, 0.1) is 11.8 Å². The van der Waals surface area contributed by atoms with Crippen LogP contribution in [0.4, 0.5) is 0 Å². The maximum absolute atomic E-state index is 11.3. The van der Waals surface area contributed by atoms with Crippen molar-refractivity contribution in [1.29, 1.82) is 0 Å². The lowest BCUT2D eigenvalue weighted by molar-refractivity contribution is -0.169. The fraction of sp³-hybridized carbons (Fsp3) is 0.800. The third kappa shape index (κ3) is 7.41. The Morgan fingerprint density at radius 3 is 1.59 bits per heavy atom. The molecule has 0 radical (unpaired) electrons. The van der Waals surface area contributed by atoms with Gasteiger partial charge < -0.3 is 14.2 Å². The third-order valence-electron chi connectivity index (χ3n) is 1.72. The van der Waals surface area contributed by atoms with E-state index in [1.807, 2.05) is 0 Å². The lowest BCUT2D eigenvalue weighted by Gasteiger charge is -2.16. The highest BCUT2D eigenvalue weighted by molar-refractivity contribution is 6.18. The van der Waals surface area contributed by atoms with Gasteiger partial charge in [-0.25, -0.2) is 9.59 Å². The molecule has 2 unspecified atom stereocenters. The summed E-state index contributed by atoms with van der Waals surface area (Å²) in [5.41, 5.74) is 0. The molecule has 0 aromatic carbocycles. The quantitative estimate of drug-likeness (QED) is 0.498. The minimum absolute atomic E-state index is 0.110. The van der Waals surface area contributed by atoms with Crippen molar-refractivity contribution in [3.63, 3.8) is 0 Å². The molecule has 0 bridgehead atoms. The molecule has 2 atom stereocenters. The van der Waals surface area contributed by atoms with Crippen LogP contribution in [0.25, 0.3) is 0 Å². The summed E-state index contributed by atoms with van der Waals surface area (Å²) in [5, 5.41) is 0. The Morgan fingerprint density at radius 2 is 1.29 bits per heavy atom. The monoisotopic (exact) mass is 286 g/mol. The van der Waals surface area contributed by atoms with E-state index in [4.69, 9.17) is 37.4 Å². The van der Waals surface area contributed by atoms with Crippen molar-refractivity contribution in [3.05, 3.63) is 0 Å². The van der Waals surface area contributed by atoms with Crippen LogP contribution >= 0.6 is 23.2 Å². The zero-order valence-electron chi connectivity index (χ0n) is 9.78. The molecule has 0 saturated carbocycles. The smallest absolute Gasteiger partial charge is 0.335 e. The Morgan fingerprint density at radius 1 is 0.941 bits per heavy atom. The molecular weight excluding hydrogens is 271 g/mol.